The highest BCUT2D eigenvalue weighted by Gasteiger charge is 2.16. The molecule has 0 saturated heterocycles. The van der Waals surface area contributed by atoms with Crippen molar-refractivity contribution in [2.45, 2.75) is 27.2 Å². The minimum absolute atomic E-state index is 0.534. The van der Waals surface area contributed by atoms with Crippen LogP contribution in [0, 0.1) is 12.8 Å². The highest BCUT2D eigenvalue weighted by molar-refractivity contribution is 5.75. The number of carbonyl (C=O) groups is 1. The molecule has 2 aromatic rings. The first-order valence-electron chi connectivity index (χ1n) is 5.40. The molecule has 2 heterocycles. The fourth-order valence-corrected chi connectivity index (χ4v) is 1.81. The molecule has 0 N–H and O–H groups in total. The molecule has 0 radical (unpaired) electrons. The Hall–Kier alpha value is -1.65. The highest BCUT2D eigenvalue weighted by atomic mass is 16.1. The van der Waals surface area contributed by atoms with E-state index in [1.807, 2.05) is 18.5 Å². The maximum absolute atomic E-state index is 10.9. The Balaban J connectivity index is 2.60. The number of aldehydes is 1. The summed E-state index contributed by atoms with van der Waals surface area (Å²) in [4.78, 5) is 15.3. The van der Waals surface area contributed by atoms with Crippen LogP contribution in [-0.2, 0) is 13.5 Å². The van der Waals surface area contributed by atoms with Crippen molar-refractivity contribution in [1.29, 1.82) is 0 Å². The SMILES string of the molecule is Cc1nc2n(C)c(CC(C)C)nn2c1C=O. The summed E-state index contributed by atoms with van der Waals surface area (Å²) < 4.78 is 3.57. The van der Waals surface area contributed by atoms with Crippen molar-refractivity contribution in [3.05, 3.63) is 17.2 Å². The largest absolute Gasteiger partial charge is 0.300 e. The molecular weight excluding hydrogens is 204 g/mol. The van der Waals surface area contributed by atoms with Crippen LogP contribution in [-0.4, -0.2) is 25.5 Å². The van der Waals surface area contributed by atoms with E-state index in [1.165, 1.54) is 0 Å². The van der Waals surface area contributed by atoms with E-state index in [-0.39, 0.29) is 0 Å². The molecule has 0 saturated carbocycles. The predicted octanol–water partition coefficient (Wildman–Crippen LogP) is 1.39. The maximum atomic E-state index is 10.9. The summed E-state index contributed by atoms with van der Waals surface area (Å²) >= 11 is 0. The first-order chi connectivity index (χ1) is 7.54. The van der Waals surface area contributed by atoms with E-state index in [0.29, 0.717) is 11.6 Å². The smallest absolute Gasteiger partial charge is 0.232 e. The van der Waals surface area contributed by atoms with Crippen molar-refractivity contribution in [2.24, 2.45) is 13.0 Å². The molecule has 2 rings (SSSR count). The molecule has 5 nitrogen and oxygen atoms in total. The van der Waals surface area contributed by atoms with Gasteiger partial charge in [0.05, 0.1) is 5.69 Å². The molecule has 16 heavy (non-hydrogen) atoms. The van der Waals surface area contributed by atoms with Crippen LogP contribution in [0.2, 0.25) is 0 Å². The van der Waals surface area contributed by atoms with Gasteiger partial charge in [0.2, 0.25) is 5.78 Å². The van der Waals surface area contributed by atoms with Crippen LogP contribution in [0.5, 0.6) is 0 Å². The van der Waals surface area contributed by atoms with Crippen LogP contribution < -0.4 is 0 Å². The van der Waals surface area contributed by atoms with Crippen LogP contribution in [0.1, 0.15) is 35.9 Å². The summed E-state index contributed by atoms with van der Waals surface area (Å²) in [5.74, 6) is 2.22. The third-order valence-electron chi connectivity index (χ3n) is 2.66. The van der Waals surface area contributed by atoms with Crippen LogP contribution >= 0.6 is 0 Å². The molecule has 0 fully saturated rings. The number of aryl methyl sites for hydroxylation is 2. The lowest BCUT2D eigenvalue weighted by atomic mass is 10.1. The Labute approximate surface area is 94.1 Å². The number of fused-ring (bicyclic) bond motifs is 1. The Morgan fingerprint density at radius 2 is 2.12 bits per heavy atom. The zero-order valence-corrected chi connectivity index (χ0v) is 10.1. The van der Waals surface area contributed by atoms with Gasteiger partial charge in [-0.1, -0.05) is 13.8 Å². The lowest BCUT2D eigenvalue weighted by Crippen LogP contribution is -2.03. The van der Waals surface area contributed by atoms with Gasteiger partial charge in [0, 0.05) is 13.5 Å². The maximum Gasteiger partial charge on any atom is 0.232 e. The van der Waals surface area contributed by atoms with E-state index < -0.39 is 0 Å². The van der Waals surface area contributed by atoms with Gasteiger partial charge in [0.15, 0.2) is 6.29 Å². The van der Waals surface area contributed by atoms with Crippen molar-refractivity contribution in [3.8, 4) is 0 Å². The summed E-state index contributed by atoms with van der Waals surface area (Å²) in [6.07, 6.45) is 1.69. The van der Waals surface area contributed by atoms with Gasteiger partial charge >= 0.3 is 0 Å². The van der Waals surface area contributed by atoms with E-state index in [0.717, 1.165) is 30.0 Å². The molecule has 86 valence electrons. The van der Waals surface area contributed by atoms with Crippen molar-refractivity contribution in [3.63, 3.8) is 0 Å². The van der Waals surface area contributed by atoms with Crippen LogP contribution in [0.25, 0.3) is 5.78 Å². The Bertz CT molecular complexity index is 536. The quantitative estimate of drug-likeness (QED) is 0.734. The Kier molecular flexibility index (Phi) is 2.53. The average Bonchev–Trinajstić information content (AvgIpc) is 2.64. The number of imidazole rings is 1. The fourth-order valence-electron chi connectivity index (χ4n) is 1.81. The standard InChI is InChI=1S/C11H16N4O/c1-7(2)5-10-13-15-9(6-16)8(3)12-11(15)14(10)4/h6-7H,5H2,1-4H3. The second kappa shape index (κ2) is 3.73. The second-order valence-electron chi connectivity index (χ2n) is 4.49. The van der Waals surface area contributed by atoms with Crippen molar-refractivity contribution >= 4 is 12.1 Å². The lowest BCUT2D eigenvalue weighted by molar-refractivity contribution is 0.111. The first kappa shape index (κ1) is 10.9. The van der Waals surface area contributed by atoms with Gasteiger partial charge in [0.25, 0.3) is 0 Å². The minimum Gasteiger partial charge on any atom is -0.300 e. The van der Waals surface area contributed by atoms with E-state index in [1.54, 1.807) is 4.52 Å². The molecular formula is C11H16N4O. The summed E-state index contributed by atoms with van der Waals surface area (Å²) in [7, 11) is 1.93. The Morgan fingerprint density at radius 1 is 1.44 bits per heavy atom. The van der Waals surface area contributed by atoms with Crippen molar-refractivity contribution in [1.82, 2.24) is 19.2 Å². The molecule has 0 spiro atoms. The van der Waals surface area contributed by atoms with E-state index in [9.17, 15) is 4.79 Å². The molecule has 2 aromatic heterocycles. The fraction of sp³-hybridized carbons (Fsp3) is 0.545. The summed E-state index contributed by atoms with van der Waals surface area (Å²) in [5.41, 5.74) is 1.27. The molecule has 5 heteroatoms. The van der Waals surface area contributed by atoms with Gasteiger partial charge in [-0.3, -0.25) is 9.36 Å². The zero-order chi connectivity index (χ0) is 11.9. The molecule has 0 unspecified atom stereocenters. The molecule has 0 aliphatic carbocycles. The van der Waals surface area contributed by atoms with Gasteiger partial charge in [-0.15, -0.1) is 0 Å². The monoisotopic (exact) mass is 220 g/mol. The molecule has 0 atom stereocenters. The molecule has 0 aromatic carbocycles. The number of hydrogen-bond donors (Lipinski definition) is 0. The number of aromatic nitrogens is 4. The number of carbonyl (C=O) groups excluding carboxylic acids is 1. The predicted molar refractivity (Wildman–Crippen MR) is 60.6 cm³/mol. The van der Waals surface area contributed by atoms with E-state index in [4.69, 9.17) is 0 Å². The summed E-state index contributed by atoms with van der Waals surface area (Å²) in [6.45, 7) is 6.10. The summed E-state index contributed by atoms with van der Waals surface area (Å²) in [5, 5.41) is 4.43. The Morgan fingerprint density at radius 3 is 2.69 bits per heavy atom. The van der Waals surface area contributed by atoms with Gasteiger partial charge in [-0.2, -0.15) is 9.61 Å². The highest BCUT2D eigenvalue weighted by Crippen LogP contribution is 2.13. The number of rotatable bonds is 3. The van der Waals surface area contributed by atoms with Crippen LogP contribution in [0.15, 0.2) is 0 Å². The zero-order valence-electron chi connectivity index (χ0n) is 10.1. The van der Waals surface area contributed by atoms with Gasteiger partial charge in [-0.25, -0.2) is 4.98 Å². The third-order valence-corrected chi connectivity index (χ3v) is 2.66. The average molecular weight is 220 g/mol. The lowest BCUT2D eigenvalue weighted by Gasteiger charge is -2.02. The molecule has 0 amide bonds. The third kappa shape index (κ3) is 1.52. The van der Waals surface area contributed by atoms with Gasteiger partial charge in [0.1, 0.15) is 11.5 Å². The number of nitrogens with zero attached hydrogens (tertiary/aromatic N) is 4. The first-order valence-corrected chi connectivity index (χ1v) is 5.40. The molecule has 0 aliphatic heterocycles. The normalized spacial score (nSPS) is 11.6. The topological polar surface area (TPSA) is 52.2 Å². The van der Waals surface area contributed by atoms with Crippen LogP contribution in [0.4, 0.5) is 0 Å². The van der Waals surface area contributed by atoms with Crippen molar-refractivity contribution in [2.75, 3.05) is 0 Å². The van der Waals surface area contributed by atoms with E-state index >= 15 is 0 Å². The van der Waals surface area contributed by atoms with E-state index in [2.05, 4.69) is 23.9 Å². The minimum atomic E-state index is 0.534. The van der Waals surface area contributed by atoms with Crippen LogP contribution in [0.3, 0.4) is 0 Å². The molecule has 0 aliphatic rings. The molecule has 0 bridgehead atoms. The van der Waals surface area contributed by atoms with Gasteiger partial charge < -0.3 is 0 Å². The second-order valence-corrected chi connectivity index (χ2v) is 4.49. The summed E-state index contributed by atoms with van der Waals surface area (Å²) in [6, 6.07) is 0. The van der Waals surface area contributed by atoms with Crippen molar-refractivity contribution < 1.29 is 4.79 Å². The number of hydrogen-bond acceptors (Lipinski definition) is 3. The van der Waals surface area contributed by atoms with Gasteiger partial charge in [-0.05, 0) is 12.8 Å².